The third kappa shape index (κ3) is 2.53. The molecule has 0 aliphatic carbocycles. The molecule has 0 radical (unpaired) electrons. The van der Waals surface area contributed by atoms with Gasteiger partial charge in [-0.25, -0.2) is 0 Å². The Labute approximate surface area is 106 Å². The van der Waals surface area contributed by atoms with E-state index in [0.717, 1.165) is 16.9 Å². The summed E-state index contributed by atoms with van der Waals surface area (Å²) in [4.78, 5) is 11.8. The van der Waals surface area contributed by atoms with Crippen LogP contribution in [0.3, 0.4) is 0 Å². The molecule has 2 aromatic rings. The number of methoxy groups -OCH3 is 1. The Morgan fingerprint density at radius 3 is 2.72 bits per heavy atom. The van der Waals surface area contributed by atoms with Crippen molar-refractivity contribution >= 4 is 5.69 Å². The van der Waals surface area contributed by atoms with E-state index in [0.29, 0.717) is 12.2 Å². The Kier molecular flexibility index (Phi) is 3.37. The molecule has 1 aromatic heterocycles. The number of hydrogen-bond donors (Lipinski definition) is 1. The maximum atomic E-state index is 11.8. The molecule has 0 aliphatic rings. The highest BCUT2D eigenvalue weighted by molar-refractivity contribution is 5.48. The number of rotatable bonds is 3. The van der Waals surface area contributed by atoms with Gasteiger partial charge in [-0.1, -0.05) is 0 Å². The second-order valence-corrected chi connectivity index (χ2v) is 4.24. The minimum atomic E-state index is -0.0283. The normalized spacial score (nSPS) is 10.3. The topological polar surface area (TPSA) is 57.2 Å². The lowest BCUT2D eigenvalue weighted by atomic mass is 10.1. The summed E-state index contributed by atoms with van der Waals surface area (Å²) in [6.07, 6.45) is 1.78. The Morgan fingerprint density at radius 2 is 2.06 bits per heavy atom. The number of anilines is 1. The summed E-state index contributed by atoms with van der Waals surface area (Å²) >= 11 is 0. The molecule has 2 N–H and O–H groups in total. The fourth-order valence-electron chi connectivity index (χ4n) is 1.84. The monoisotopic (exact) mass is 244 g/mol. The number of aryl methyl sites for hydroxylation is 1. The first-order valence-corrected chi connectivity index (χ1v) is 5.69. The highest BCUT2D eigenvalue weighted by atomic mass is 16.5. The summed E-state index contributed by atoms with van der Waals surface area (Å²) in [6.45, 7) is 2.35. The number of hydrogen-bond acceptors (Lipinski definition) is 3. The third-order valence-corrected chi connectivity index (χ3v) is 2.80. The molecular weight excluding hydrogens is 228 g/mol. The second kappa shape index (κ2) is 4.96. The molecule has 0 amide bonds. The summed E-state index contributed by atoms with van der Waals surface area (Å²) in [5.74, 6) is 0.733. The van der Waals surface area contributed by atoms with Crippen LogP contribution < -0.4 is 16.0 Å². The maximum Gasteiger partial charge on any atom is 0.251 e. The summed E-state index contributed by atoms with van der Waals surface area (Å²) in [5, 5.41) is 0. The van der Waals surface area contributed by atoms with E-state index in [9.17, 15) is 4.79 Å². The molecule has 0 saturated heterocycles. The highest BCUT2D eigenvalue weighted by Crippen LogP contribution is 2.21. The van der Waals surface area contributed by atoms with Gasteiger partial charge < -0.3 is 15.0 Å². The molecule has 2 rings (SSSR count). The van der Waals surface area contributed by atoms with E-state index in [4.69, 9.17) is 10.5 Å². The predicted octanol–water partition coefficient (Wildman–Crippen LogP) is 1.80. The minimum Gasteiger partial charge on any atom is -0.496 e. The van der Waals surface area contributed by atoms with Crippen LogP contribution in [-0.2, 0) is 6.54 Å². The predicted molar refractivity (Wildman–Crippen MR) is 71.9 cm³/mol. The SMILES string of the molecule is COc1ccc(N)cc1Cn1ccc(C)cc1=O. The van der Waals surface area contributed by atoms with Crippen LogP contribution >= 0.6 is 0 Å². The van der Waals surface area contributed by atoms with Crippen LogP contribution in [0, 0.1) is 6.92 Å². The molecular formula is C14H16N2O2. The van der Waals surface area contributed by atoms with Crippen molar-refractivity contribution in [3.05, 3.63) is 58.0 Å². The molecule has 0 saturated carbocycles. The zero-order valence-electron chi connectivity index (χ0n) is 10.5. The van der Waals surface area contributed by atoms with E-state index < -0.39 is 0 Å². The lowest BCUT2D eigenvalue weighted by Crippen LogP contribution is -2.19. The summed E-state index contributed by atoms with van der Waals surface area (Å²) in [7, 11) is 1.60. The van der Waals surface area contributed by atoms with Gasteiger partial charge in [0, 0.05) is 23.5 Å². The molecule has 0 bridgehead atoms. The highest BCUT2D eigenvalue weighted by Gasteiger charge is 2.05. The number of aromatic nitrogens is 1. The van der Waals surface area contributed by atoms with Crippen LogP contribution in [0.5, 0.6) is 5.75 Å². The van der Waals surface area contributed by atoms with E-state index in [1.54, 1.807) is 30.0 Å². The largest absolute Gasteiger partial charge is 0.496 e. The summed E-state index contributed by atoms with van der Waals surface area (Å²) in [6, 6.07) is 8.92. The fraction of sp³-hybridized carbons (Fsp3) is 0.214. The van der Waals surface area contributed by atoms with E-state index in [1.807, 2.05) is 25.1 Å². The van der Waals surface area contributed by atoms with Gasteiger partial charge in [0.25, 0.3) is 5.56 Å². The van der Waals surface area contributed by atoms with Crippen molar-refractivity contribution in [2.45, 2.75) is 13.5 Å². The summed E-state index contributed by atoms with van der Waals surface area (Å²) in [5.41, 5.74) is 8.23. The van der Waals surface area contributed by atoms with Gasteiger partial charge >= 0.3 is 0 Å². The van der Waals surface area contributed by atoms with E-state index >= 15 is 0 Å². The van der Waals surface area contributed by atoms with Crippen molar-refractivity contribution in [1.29, 1.82) is 0 Å². The fourth-order valence-corrected chi connectivity index (χ4v) is 1.84. The Morgan fingerprint density at radius 1 is 1.28 bits per heavy atom. The maximum absolute atomic E-state index is 11.8. The van der Waals surface area contributed by atoms with Gasteiger partial charge in [0.05, 0.1) is 13.7 Å². The van der Waals surface area contributed by atoms with Crippen molar-refractivity contribution in [1.82, 2.24) is 4.57 Å². The average Bonchev–Trinajstić information content (AvgIpc) is 2.33. The first-order chi connectivity index (χ1) is 8.60. The number of nitrogen functional groups attached to an aromatic ring is 1. The van der Waals surface area contributed by atoms with Gasteiger partial charge in [-0.15, -0.1) is 0 Å². The molecule has 4 heteroatoms. The number of benzene rings is 1. The van der Waals surface area contributed by atoms with Gasteiger partial charge in [-0.05, 0) is 36.8 Å². The van der Waals surface area contributed by atoms with Gasteiger partial charge in [0.15, 0.2) is 0 Å². The number of nitrogens with zero attached hydrogens (tertiary/aromatic N) is 1. The Bertz CT molecular complexity index is 617. The third-order valence-electron chi connectivity index (χ3n) is 2.80. The van der Waals surface area contributed by atoms with Crippen LogP contribution in [0.25, 0.3) is 0 Å². The molecule has 0 aliphatic heterocycles. The molecule has 4 nitrogen and oxygen atoms in total. The first-order valence-electron chi connectivity index (χ1n) is 5.69. The van der Waals surface area contributed by atoms with Crippen molar-refractivity contribution in [2.24, 2.45) is 0 Å². The number of ether oxygens (including phenoxy) is 1. The van der Waals surface area contributed by atoms with Gasteiger partial charge in [-0.3, -0.25) is 4.79 Å². The Balaban J connectivity index is 2.39. The molecule has 18 heavy (non-hydrogen) atoms. The Hall–Kier alpha value is -2.23. The zero-order valence-corrected chi connectivity index (χ0v) is 10.5. The van der Waals surface area contributed by atoms with Crippen molar-refractivity contribution < 1.29 is 4.74 Å². The van der Waals surface area contributed by atoms with Crippen LogP contribution in [0.15, 0.2) is 41.3 Å². The number of pyridine rings is 1. The smallest absolute Gasteiger partial charge is 0.251 e. The lowest BCUT2D eigenvalue weighted by Gasteiger charge is -2.11. The van der Waals surface area contributed by atoms with Gasteiger partial charge in [-0.2, -0.15) is 0 Å². The lowest BCUT2D eigenvalue weighted by molar-refractivity contribution is 0.408. The van der Waals surface area contributed by atoms with Crippen molar-refractivity contribution in [3.8, 4) is 5.75 Å². The van der Waals surface area contributed by atoms with Gasteiger partial charge in [0.1, 0.15) is 5.75 Å². The number of nitrogens with two attached hydrogens (primary N) is 1. The standard InChI is InChI=1S/C14H16N2O2/c1-10-5-6-16(14(17)7-10)9-11-8-12(15)3-4-13(11)18-2/h3-8H,9,15H2,1-2H3. The molecule has 1 heterocycles. The molecule has 0 atom stereocenters. The molecule has 94 valence electrons. The quantitative estimate of drug-likeness (QED) is 0.837. The van der Waals surface area contributed by atoms with Crippen molar-refractivity contribution in [3.63, 3.8) is 0 Å². The van der Waals surface area contributed by atoms with Crippen LogP contribution in [0.1, 0.15) is 11.1 Å². The molecule has 0 unspecified atom stereocenters. The van der Waals surface area contributed by atoms with Crippen LogP contribution in [0.4, 0.5) is 5.69 Å². The summed E-state index contributed by atoms with van der Waals surface area (Å²) < 4.78 is 6.89. The van der Waals surface area contributed by atoms with Crippen LogP contribution in [-0.4, -0.2) is 11.7 Å². The average molecular weight is 244 g/mol. The van der Waals surface area contributed by atoms with Crippen molar-refractivity contribution in [2.75, 3.05) is 12.8 Å². The van der Waals surface area contributed by atoms with E-state index in [1.165, 1.54) is 0 Å². The molecule has 1 aromatic carbocycles. The minimum absolute atomic E-state index is 0.0283. The van der Waals surface area contributed by atoms with E-state index in [-0.39, 0.29) is 5.56 Å². The molecule has 0 fully saturated rings. The molecule has 0 spiro atoms. The van der Waals surface area contributed by atoms with Gasteiger partial charge in [0.2, 0.25) is 0 Å². The van der Waals surface area contributed by atoms with Crippen LogP contribution in [0.2, 0.25) is 0 Å². The second-order valence-electron chi connectivity index (χ2n) is 4.24. The van der Waals surface area contributed by atoms with E-state index in [2.05, 4.69) is 0 Å². The zero-order chi connectivity index (χ0) is 13.1. The first kappa shape index (κ1) is 12.2.